The molecule has 1 saturated heterocycles. The summed E-state index contributed by atoms with van der Waals surface area (Å²) in [6, 6.07) is 14.4. The number of piperazine rings is 1. The maximum absolute atomic E-state index is 13.0. The molecule has 192 valence electrons. The smallest absolute Gasteiger partial charge is 0.328 e. The number of imidazole rings is 1. The SMILES string of the molecule is Cc1cn2c(N3CCN(C(=O)CCS(=O)(=O)c4ccc5cc(Cl)ccc5c4)C(C(=O)O)C3)cccc2n1. The third-order valence-corrected chi connectivity index (χ3v) is 8.57. The minimum Gasteiger partial charge on any atom is -0.480 e. The van der Waals surface area contributed by atoms with Crippen molar-refractivity contribution in [3.8, 4) is 0 Å². The first-order valence-corrected chi connectivity index (χ1v) is 13.8. The highest BCUT2D eigenvalue weighted by atomic mass is 35.5. The standard InChI is InChI=1S/C26H25ClN4O5S/c1-17-15-31-23(28-17)3-2-4-24(31)29-10-11-30(22(16-29)26(33)34)25(32)9-12-37(35,36)21-8-6-18-13-20(27)7-5-19(18)14-21/h2-8,13-15,22H,9-12,16H2,1H3,(H,33,34). The second-order valence-electron chi connectivity index (χ2n) is 9.10. The van der Waals surface area contributed by atoms with E-state index < -0.39 is 33.5 Å². The molecular formula is C26H25ClN4O5S. The first kappa shape index (κ1) is 25.0. The molecule has 1 aliphatic heterocycles. The van der Waals surface area contributed by atoms with E-state index in [1.54, 1.807) is 30.3 Å². The van der Waals surface area contributed by atoms with Crippen LogP contribution in [0.15, 0.2) is 65.7 Å². The fraction of sp³-hybridized carbons (Fsp3) is 0.269. The molecule has 5 rings (SSSR count). The fourth-order valence-electron chi connectivity index (χ4n) is 4.75. The summed E-state index contributed by atoms with van der Waals surface area (Å²) in [5, 5.41) is 12.0. The Kier molecular flexibility index (Phi) is 6.55. The molecule has 0 aliphatic carbocycles. The van der Waals surface area contributed by atoms with Gasteiger partial charge in [-0.05, 0) is 54.1 Å². The number of amides is 1. The molecule has 2 aromatic carbocycles. The lowest BCUT2D eigenvalue weighted by Gasteiger charge is -2.40. The zero-order valence-corrected chi connectivity index (χ0v) is 21.6. The maximum atomic E-state index is 13.0. The van der Waals surface area contributed by atoms with E-state index >= 15 is 0 Å². The van der Waals surface area contributed by atoms with Crippen molar-refractivity contribution in [2.75, 3.05) is 30.3 Å². The monoisotopic (exact) mass is 540 g/mol. The normalized spacial score (nSPS) is 16.4. The van der Waals surface area contributed by atoms with Crippen LogP contribution in [0.4, 0.5) is 5.82 Å². The van der Waals surface area contributed by atoms with Crippen molar-refractivity contribution in [1.29, 1.82) is 0 Å². The summed E-state index contributed by atoms with van der Waals surface area (Å²) < 4.78 is 27.9. The van der Waals surface area contributed by atoms with Crippen molar-refractivity contribution >= 4 is 55.6 Å². The number of carboxylic acids is 1. The number of hydrogen-bond donors (Lipinski definition) is 1. The van der Waals surface area contributed by atoms with Gasteiger partial charge in [0.15, 0.2) is 9.84 Å². The molecule has 1 fully saturated rings. The number of sulfone groups is 1. The molecule has 2 aromatic heterocycles. The Balaban J connectivity index is 1.30. The van der Waals surface area contributed by atoms with Gasteiger partial charge in [0.2, 0.25) is 5.91 Å². The molecule has 0 bridgehead atoms. The van der Waals surface area contributed by atoms with Crippen molar-refractivity contribution in [1.82, 2.24) is 14.3 Å². The number of halogens is 1. The van der Waals surface area contributed by atoms with Gasteiger partial charge in [-0.2, -0.15) is 0 Å². The second-order valence-corrected chi connectivity index (χ2v) is 11.6. The molecule has 1 amide bonds. The van der Waals surface area contributed by atoms with Crippen LogP contribution in [0.5, 0.6) is 0 Å². The van der Waals surface area contributed by atoms with Gasteiger partial charge in [-0.1, -0.05) is 29.8 Å². The molecule has 4 aromatic rings. The molecule has 11 heteroatoms. The number of rotatable bonds is 6. The highest BCUT2D eigenvalue weighted by Gasteiger charge is 2.36. The summed E-state index contributed by atoms with van der Waals surface area (Å²) in [6.45, 7) is 2.54. The average molecular weight is 541 g/mol. The number of carboxylic acid groups (broad SMARTS) is 1. The summed E-state index contributed by atoms with van der Waals surface area (Å²) in [7, 11) is -3.76. The molecule has 0 spiro atoms. The van der Waals surface area contributed by atoms with Crippen molar-refractivity contribution in [2.24, 2.45) is 0 Å². The van der Waals surface area contributed by atoms with Crippen LogP contribution in [0.2, 0.25) is 5.02 Å². The Bertz CT molecular complexity index is 1630. The highest BCUT2D eigenvalue weighted by Crippen LogP contribution is 2.25. The Labute approximate surface area is 218 Å². The Morgan fingerprint density at radius 2 is 1.84 bits per heavy atom. The van der Waals surface area contributed by atoms with E-state index in [4.69, 9.17) is 11.6 Å². The van der Waals surface area contributed by atoms with Crippen molar-refractivity contribution < 1.29 is 23.1 Å². The van der Waals surface area contributed by atoms with E-state index in [0.29, 0.717) is 11.6 Å². The van der Waals surface area contributed by atoms with Gasteiger partial charge in [0.25, 0.3) is 0 Å². The van der Waals surface area contributed by atoms with Crippen LogP contribution in [0.3, 0.4) is 0 Å². The van der Waals surface area contributed by atoms with Gasteiger partial charge in [-0.25, -0.2) is 18.2 Å². The number of pyridine rings is 1. The van der Waals surface area contributed by atoms with Crippen LogP contribution in [0.25, 0.3) is 16.4 Å². The molecule has 37 heavy (non-hydrogen) atoms. The Hall–Kier alpha value is -3.63. The van der Waals surface area contributed by atoms with E-state index in [9.17, 15) is 23.1 Å². The summed E-state index contributed by atoms with van der Waals surface area (Å²) >= 11 is 6.00. The maximum Gasteiger partial charge on any atom is 0.328 e. The van der Waals surface area contributed by atoms with Crippen LogP contribution in [-0.4, -0.2) is 71.1 Å². The van der Waals surface area contributed by atoms with Gasteiger partial charge < -0.3 is 14.9 Å². The van der Waals surface area contributed by atoms with E-state index in [1.807, 2.05) is 40.6 Å². The highest BCUT2D eigenvalue weighted by molar-refractivity contribution is 7.91. The average Bonchev–Trinajstić information content (AvgIpc) is 3.26. The summed E-state index contributed by atoms with van der Waals surface area (Å²) in [4.78, 5) is 32.9. The summed E-state index contributed by atoms with van der Waals surface area (Å²) in [5.74, 6) is -1.26. The first-order valence-electron chi connectivity index (χ1n) is 11.8. The zero-order valence-electron chi connectivity index (χ0n) is 20.0. The van der Waals surface area contributed by atoms with E-state index in [2.05, 4.69) is 4.98 Å². The van der Waals surface area contributed by atoms with E-state index in [1.165, 1.54) is 11.0 Å². The minimum absolute atomic E-state index is 0.0808. The van der Waals surface area contributed by atoms with Crippen molar-refractivity contribution in [3.63, 3.8) is 0 Å². The van der Waals surface area contributed by atoms with E-state index in [-0.39, 0.29) is 24.4 Å². The number of nitrogens with zero attached hydrogens (tertiary/aromatic N) is 4. The molecule has 0 saturated carbocycles. The molecule has 0 radical (unpaired) electrons. The topological polar surface area (TPSA) is 112 Å². The molecule has 1 aliphatic rings. The van der Waals surface area contributed by atoms with Gasteiger partial charge in [0, 0.05) is 30.7 Å². The van der Waals surface area contributed by atoms with E-state index in [0.717, 1.165) is 27.9 Å². The summed E-state index contributed by atoms with van der Waals surface area (Å²) in [6.07, 6.45) is 1.57. The number of carbonyl (C=O) groups is 2. The number of aliphatic carboxylic acids is 1. The van der Waals surface area contributed by atoms with Gasteiger partial charge in [-0.3, -0.25) is 9.20 Å². The lowest BCUT2D eigenvalue weighted by Crippen LogP contribution is -2.58. The van der Waals surface area contributed by atoms with Gasteiger partial charge in [0.1, 0.15) is 17.5 Å². The molecule has 3 heterocycles. The largest absolute Gasteiger partial charge is 0.480 e. The summed E-state index contributed by atoms with van der Waals surface area (Å²) in [5.41, 5.74) is 1.59. The van der Waals surface area contributed by atoms with Crippen molar-refractivity contribution in [3.05, 3.63) is 71.5 Å². The number of benzene rings is 2. The van der Waals surface area contributed by atoms with Crippen LogP contribution in [0, 0.1) is 6.92 Å². The third-order valence-electron chi connectivity index (χ3n) is 6.62. The quantitative estimate of drug-likeness (QED) is 0.399. The molecule has 1 atom stereocenters. The van der Waals surface area contributed by atoms with Crippen LogP contribution in [-0.2, 0) is 19.4 Å². The number of fused-ring (bicyclic) bond motifs is 2. The number of hydrogen-bond acceptors (Lipinski definition) is 6. The van der Waals surface area contributed by atoms with Crippen LogP contribution >= 0.6 is 11.6 Å². The molecule has 1 unspecified atom stereocenters. The molecular weight excluding hydrogens is 516 g/mol. The minimum atomic E-state index is -3.76. The lowest BCUT2D eigenvalue weighted by molar-refractivity contribution is -0.150. The number of carbonyl (C=O) groups excluding carboxylic acids is 1. The van der Waals surface area contributed by atoms with Crippen LogP contribution in [0.1, 0.15) is 12.1 Å². The Morgan fingerprint density at radius 3 is 2.62 bits per heavy atom. The van der Waals surface area contributed by atoms with Gasteiger partial charge >= 0.3 is 5.97 Å². The first-order chi connectivity index (χ1) is 17.6. The predicted octanol–water partition coefficient (Wildman–Crippen LogP) is 3.42. The lowest BCUT2D eigenvalue weighted by atomic mass is 10.1. The fourth-order valence-corrected chi connectivity index (χ4v) is 6.19. The molecule has 9 nitrogen and oxygen atoms in total. The Morgan fingerprint density at radius 1 is 1.08 bits per heavy atom. The number of aryl methyl sites for hydroxylation is 1. The van der Waals surface area contributed by atoms with Crippen molar-refractivity contribution in [2.45, 2.75) is 24.3 Å². The van der Waals surface area contributed by atoms with Gasteiger partial charge in [0.05, 0.1) is 22.9 Å². The zero-order chi connectivity index (χ0) is 26.3. The third kappa shape index (κ3) is 4.99. The number of anilines is 1. The van der Waals surface area contributed by atoms with Crippen LogP contribution < -0.4 is 4.90 Å². The second kappa shape index (κ2) is 9.68. The van der Waals surface area contributed by atoms with Gasteiger partial charge in [-0.15, -0.1) is 0 Å². The molecule has 1 N–H and O–H groups in total. The number of aromatic nitrogens is 2. The predicted molar refractivity (Wildman–Crippen MR) is 141 cm³/mol.